The van der Waals surface area contributed by atoms with Crippen LogP contribution in [0.25, 0.3) is 0 Å². The number of furan rings is 1. The zero-order valence-electron chi connectivity index (χ0n) is 20.1. The van der Waals surface area contributed by atoms with Gasteiger partial charge < -0.3 is 14.5 Å². The molecule has 0 unspecified atom stereocenters. The van der Waals surface area contributed by atoms with Gasteiger partial charge in [-0.05, 0) is 50.4 Å². The van der Waals surface area contributed by atoms with Crippen molar-refractivity contribution in [3.63, 3.8) is 0 Å². The smallest absolute Gasteiger partial charge is 0.286 e. The van der Waals surface area contributed by atoms with Crippen LogP contribution in [-0.2, 0) is 17.8 Å². The highest BCUT2D eigenvalue weighted by Gasteiger charge is 2.23. The molecule has 6 heteroatoms. The Bertz CT molecular complexity index is 869. The quantitative estimate of drug-likeness (QED) is 0.541. The third-order valence-electron chi connectivity index (χ3n) is 6.84. The minimum absolute atomic E-state index is 0.119. The van der Waals surface area contributed by atoms with Gasteiger partial charge in [0.05, 0.1) is 19.8 Å². The largest absolute Gasteiger partial charge is 0.455 e. The molecule has 4 rings (SSSR count). The Morgan fingerprint density at radius 3 is 2.70 bits per heavy atom. The van der Waals surface area contributed by atoms with E-state index < -0.39 is 0 Å². The summed E-state index contributed by atoms with van der Waals surface area (Å²) in [4.78, 5) is 17.5. The van der Waals surface area contributed by atoms with E-state index in [1.807, 2.05) is 12.1 Å². The molecule has 0 radical (unpaired) electrons. The molecule has 2 aliphatic rings. The van der Waals surface area contributed by atoms with Crippen molar-refractivity contribution in [2.24, 2.45) is 0 Å². The second kappa shape index (κ2) is 12.4. The van der Waals surface area contributed by atoms with Gasteiger partial charge >= 0.3 is 0 Å². The number of benzene rings is 1. The van der Waals surface area contributed by atoms with Crippen LogP contribution < -0.4 is 5.32 Å². The molecule has 0 bridgehead atoms. The summed E-state index contributed by atoms with van der Waals surface area (Å²) in [6.45, 7) is 9.03. The predicted octanol–water partition coefficient (Wildman–Crippen LogP) is 4.38. The van der Waals surface area contributed by atoms with Gasteiger partial charge in [-0.15, -0.1) is 0 Å². The van der Waals surface area contributed by atoms with Crippen molar-refractivity contribution < 1.29 is 13.9 Å². The summed E-state index contributed by atoms with van der Waals surface area (Å²) in [5, 5.41) is 3.01. The summed E-state index contributed by atoms with van der Waals surface area (Å²) in [7, 11) is 0. The van der Waals surface area contributed by atoms with Crippen LogP contribution in [0.4, 0.5) is 0 Å². The first-order valence-electron chi connectivity index (χ1n) is 12.6. The molecule has 33 heavy (non-hydrogen) atoms. The Balaban J connectivity index is 1.30. The number of ether oxygens (including phenoxy) is 1. The van der Waals surface area contributed by atoms with Crippen molar-refractivity contribution in [3.05, 3.63) is 59.0 Å². The van der Waals surface area contributed by atoms with Gasteiger partial charge in [0.25, 0.3) is 5.91 Å². The van der Waals surface area contributed by atoms with E-state index >= 15 is 0 Å². The maximum Gasteiger partial charge on any atom is 0.286 e. The van der Waals surface area contributed by atoms with E-state index in [-0.39, 0.29) is 5.91 Å². The second-order valence-corrected chi connectivity index (χ2v) is 9.52. The monoisotopic (exact) mass is 453 g/mol. The number of carbonyl (C=O) groups is 1. The molecule has 1 aliphatic carbocycles. The van der Waals surface area contributed by atoms with E-state index in [2.05, 4.69) is 46.3 Å². The number of hydrogen-bond acceptors (Lipinski definition) is 5. The second-order valence-electron chi connectivity index (χ2n) is 9.52. The van der Waals surface area contributed by atoms with Gasteiger partial charge in [-0.1, -0.05) is 49.1 Å². The number of nitrogens with zero attached hydrogens (tertiary/aromatic N) is 2. The zero-order chi connectivity index (χ0) is 22.9. The lowest BCUT2D eigenvalue weighted by atomic mass is 9.93. The molecule has 1 saturated heterocycles. The number of hydrogen-bond donors (Lipinski definition) is 1. The van der Waals surface area contributed by atoms with Crippen LogP contribution in [0.15, 0.2) is 40.8 Å². The number of aryl methyl sites for hydroxylation is 1. The number of amides is 1. The Labute approximate surface area is 198 Å². The molecule has 2 aromatic rings. The topological polar surface area (TPSA) is 58.0 Å². The standard InChI is InChI=1S/C27H39N3O3/c1-22-7-5-8-23(19-22)20-30(24-9-3-2-4-10-24)21-25-11-12-26(33-25)27(31)28-13-6-14-29-15-17-32-18-16-29/h5,7-8,11-12,19,24H,2-4,6,9-10,13-18,20-21H2,1H3,(H,28,31). The van der Waals surface area contributed by atoms with Gasteiger partial charge in [-0.2, -0.15) is 0 Å². The fourth-order valence-electron chi connectivity index (χ4n) is 5.01. The first-order valence-corrected chi connectivity index (χ1v) is 12.6. The summed E-state index contributed by atoms with van der Waals surface area (Å²) >= 11 is 0. The number of nitrogens with one attached hydrogen (secondary N) is 1. The first-order chi connectivity index (χ1) is 16.2. The van der Waals surface area contributed by atoms with Crippen LogP contribution in [0.2, 0.25) is 0 Å². The van der Waals surface area contributed by atoms with Crippen molar-refractivity contribution in [1.29, 1.82) is 0 Å². The molecule has 180 valence electrons. The minimum atomic E-state index is -0.119. The van der Waals surface area contributed by atoms with Gasteiger partial charge in [-0.3, -0.25) is 14.6 Å². The molecule has 1 saturated carbocycles. The lowest BCUT2D eigenvalue weighted by Gasteiger charge is -2.34. The van der Waals surface area contributed by atoms with Crippen molar-refractivity contribution in [2.45, 2.75) is 64.6 Å². The average Bonchev–Trinajstić information content (AvgIpc) is 3.31. The Kier molecular flexibility index (Phi) is 8.98. The predicted molar refractivity (Wildman–Crippen MR) is 130 cm³/mol. The molecule has 1 aliphatic heterocycles. The van der Waals surface area contributed by atoms with Crippen LogP contribution in [0, 0.1) is 6.92 Å². The van der Waals surface area contributed by atoms with Gasteiger partial charge in [-0.25, -0.2) is 0 Å². The van der Waals surface area contributed by atoms with Crippen LogP contribution >= 0.6 is 0 Å². The van der Waals surface area contributed by atoms with Crippen LogP contribution in [0.3, 0.4) is 0 Å². The molecule has 1 aromatic carbocycles. The summed E-state index contributed by atoms with van der Waals surface area (Å²) in [6.07, 6.45) is 7.35. The molecule has 0 atom stereocenters. The summed E-state index contributed by atoms with van der Waals surface area (Å²) < 4.78 is 11.4. The first kappa shape index (κ1) is 24.0. The molecule has 1 aromatic heterocycles. The van der Waals surface area contributed by atoms with Crippen LogP contribution in [0.5, 0.6) is 0 Å². The van der Waals surface area contributed by atoms with Gasteiger partial charge in [0.15, 0.2) is 5.76 Å². The Morgan fingerprint density at radius 1 is 1.09 bits per heavy atom. The van der Waals surface area contributed by atoms with E-state index in [1.54, 1.807) is 0 Å². The Hall–Kier alpha value is -2.15. The van der Waals surface area contributed by atoms with Crippen molar-refractivity contribution in [2.75, 3.05) is 39.4 Å². The van der Waals surface area contributed by atoms with Gasteiger partial charge in [0.2, 0.25) is 0 Å². The number of morpholine rings is 1. The van der Waals surface area contributed by atoms with Crippen molar-refractivity contribution in [1.82, 2.24) is 15.1 Å². The third-order valence-corrected chi connectivity index (χ3v) is 6.84. The number of carbonyl (C=O) groups excluding carboxylic acids is 1. The van der Waals surface area contributed by atoms with Crippen LogP contribution in [0.1, 0.15) is 66.0 Å². The highest BCUT2D eigenvalue weighted by molar-refractivity contribution is 5.91. The number of rotatable bonds is 10. The molecule has 6 nitrogen and oxygen atoms in total. The van der Waals surface area contributed by atoms with Crippen molar-refractivity contribution in [3.8, 4) is 0 Å². The normalized spacial score (nSPS) is 18.0. The van der Waals surface area contributed by atoms with E-state index in [0.29, 0.717) is 18.3 Å². The van der Waals surface area contributed by atoms with E-state index in [4.69, 9.17) is 9.15 Å². The van der Waals surface area contributed by atoms with Gasteiger partial charge in [0.1, 0.15) is 5.76 Å². The Morgan fingerprint density at radius 2 is 1.91 bits per heavy atom. The highest BCUT2D eigenvalue weighted by Crippen LogP contribution is 2.26. The SMILES string of the molecule is Cc1cccc(CN(Cc2ccc(C(=O)NCCCN3CCOCC3)o2)C2CCCCC2)c1. The van der Waals surface area contributed by atoms with Crippen LogP contribution in [-0.4, -0.2) is 61.1 Å². The van der Waals surface area contributed by atoms with Gasteiger partial charge in [0, 0.05) is 32.2 Å². The molecule has 0 spiro atoms. The van der Waals surface area contributed by atoms with E-state index in [1.165, 1.54) is 43.2 Å². The van der Waals surface area contributed by atoms with E-state index in [0.717, 1.165) is 58.1 Å². The third kappa shape index (κ3) is 7.42. The molecule has 2 fully saturated rings. The lowest BCUT2D eigenvalue weighted by molar-refractivity contribution is 0.0374. The molecular weight excluding hydrogens is 414 g/mol. The summed E-state index contributed by atoms with van der Waals surface area (Å²) in [6, 6.07) is 13.1. The minimum Gasteiger partial charge on any atom is -0.455 e. The molecule has 2 heterocycles. The van der Waals surface area contributed by atoms with E-state index in [9.17, 15) is 4.79 Å². The maximum absolute atomic E-state index is 12.6. The molecule has 1 N–H and O–H groups in total. The molecule has 1 amide bonds. The fourth-order valence-corrected chi connectivity index (χ4v) is 5.01. The molecular formula is C27H39N3O3. The maximum atomic E-state index is 12.6. The lowest BCUT2D eigenvalue weighted by Crippen LogP contribution is -2.38. The fraction of sp³-hybridized carbons (Fsp3) is 0.593. The summed E-state index contributed by atoms with van der Waals surface area (Å²) in [5.41, 5.74) is 2.63. The summed E-state index contributed by atoms with van der Waals surface area (Å²) in [5.74, 6) is 1.16. The van der Waals surface area contributed by atoms with Crippen molar-refractivity contribution >= 4 is 5.91 Å². The average molecular weight is 454 g/mol. The highest BCUT2D eigenvalue weighted by atomic mass is 16.5. The zero-order valence-corrected chi connectivity index (χ0v) is 20.1.